The molecule has 5 aromatic rings. The molecule has 0 spiro atoms. The van der Waals surface area contributed by atoms with E-state index in [-0.39, 0.29) is 28.0 Å². The molecule has 2 nitrogen and oxygen atoms in total. The van der Waals surface area contributed by atoms with Crippen molar-refractivity contribution < 1.29 is 31.1 Å². The Hall–Kier alpha value is -4.13. The summed E-state index contributed by atoms with van der Waals surface area (Å²) in [5.41, 5.74) is 0.483. The Morgan fingerprint density at radius 3 is 1.95 bits per heavy atom. The molecule has 0 N–H and O–H groups in total. The van der Waals surface area contributed by atoms with Gasteiger partial charge >= 0.3 is 0 Å². The average molecular weight is 563 g/mol. The van der Waals surface area contributed by atoms with E-state index in [4.69, 9.17) is 9.15 Å². The van der Waals surface area contributed by atoms with Crippen LogP contribution in [0.5, 0.6) is 5.75 Å². The predicted molar refractivity (Wildman–Crippen MR) is 150 cm³/mol. The van der Waals surface area contributed by atoms with Crippen LogP contribution in [0, 0.1) is 35.0 Å². The number of hydrogen-bond donors (Lipinski definition) is 0. The third kappa shape index (κ3) is 4.67. The topological polar surface area (TPSA) is 22.4 Å². The lowest BCUT2D eigenvalue weighted by molar-refractivity contribution is 0.338. The highest BCUT2D eigenvalue weighted by atomic mass is 19.2. The molecule has 210 valence electrons. The number of halogens is 5. The highest BCUT2D eigenvalue weighted by molar-refractivity contribution is 6.08. The summed E-state index contributed by atoms with van der Waals surface area (Å²) in [4.78, 5) is 0. The van der Waals surface area contributed by atoms with Crippen LogP contribution in [0.3, 0.4) is 0 Å². The van der Waals surface area contributed by atoms with E-state index in [0.717, 1.165) is 43.4 Å². The van der Waals surface area contributed by atoms with Crippen LogP contribution in [-0.4, -0.2) is 6.61 Å². The molecule has 0 unspecified atom stereocenters. The van der Waals surface area contributed by atoms with Crippen molar-refractivity contribution in [3.05, 3.63) is 102 Å². The standard InChI is InChI=1S/C34H27F5O2/c1-3-18-5-7-19(8-6-18)20-9-11-21(12-10-20)24-16-27-29(33(38)31(24)36)30-28(41-27)17-25(32(37)34(30)39)23-14-13-22(40-4-2)15-26(23)35/h3,9-19H,1,4-8H2,2H3. The number of benzene rings is 4. The summed E-state index contributed by atoms with van der Waals surface area (Å²) in [7, 11) is 0. The maximum Gasteiger partial charge on any atom is 0.171 e. The van der Waals surface area contributed by atoms with E-state index in [1.807, 2.05) is 18.2 Å². The Balaban J connectivity index is 1.41. The SMILES string of the molecule is C=CC1CCC(c2ccc(-c3cc4oc5cc(-c6ccc(OCC)cc6F)c(F)c(F)c5c4c(F)c3F)cc2)CC1. The van der Waals surface area contributed by atoms with E-state index >= 15 is 17.6 Å². The Morgan fingerprint density at radius 1 is 0.756 bits per heavy atom. The van der Waals surface area contributed by atoms with Crippen molar-refractivity contribution in [3.63, 3.8) is 0 Å². The van der Waals surface area contributed by atoms with Gasteiger partial charge in [-0.25, -0.2) is 22.0 Å². The smallest absolute Gasteiger partial charge is 0.171 e. The molecule has 0 saturated heterocycles. The van der Waals surface area contributed by atoms with Crippen LogP contribution in [0.15, 0.2) is 71.7 Å². The summed E-state index contributed by atoms with van der Waals surface area (Å²) >= 11 is 0. The van der Waals surface area contributed by atoms with Crippen molar-refractivity contribution in [1.82, 2.24) is 0 Å². The van der Waals surface area contributed by atoms with Crippen LogP contribution >= 0.6 is 0 Å². The van der Waals surface area contributed by atoms with Gasteiger partial charge in [-0.3, -0.25) is 0 Å². The van der Waals surface area contributed by atoms with Gasteiger partial charge in [0.25, 0.3) is 0 Å². The van der Waals surface area contributed by atoms with Gasteiger partial charge in [-0.15, -0.1) is 6.58 Å². The van der Waals surface area contributed by atoms with Gasteiger partial charge in [0, 0.05) is 22.8 Å². The lowest BCUT2D eigenvalue weighted by Gasteiger charge is -2.27. The number of fused-ring (bicyclic) bond motifs is 3. The molecule has 1 aliphatic carbocycles. The Kier molecular flexibility index (Phi) is 7.06. The first-order chi connectivity index (χ1) is 19.8. The zero-order valence-corrected chi connectivity index (χ0v) is 22.4. The molecular weight excluding hydrogens is 535 g/mol. The lowest BCUT2D eigenvalue weighted by atomic mass is 9.78. The first-order valence-corrected chi connectivity index (χ1v) is 13.7. The van der Waals surface area contributed by atoms with Gasteiger partial charge in [-0.2, -0.15) is 0 Å². The number of furan rings is 1. The van der Waals surface area contributed by atoms with Crippen LogP contribution in [0.1, 0.15) is 44.1 Å². The second-order valence-corrected chi connectivity index (χ2v) is 10.5. The zero-order valence-electron chi connectivity index (χ0n) is 22.4. The molecule has 0 amide bonds. The maximum atomic E-state index is 15.5. The highest BCUT2D eigenvalue weighted by Crippen LogP contribution is 2.42. The zero-order chi connectivity index (χ0) is 28.8. The van der Waals surface area contributed by atoms with Crippen molar-refractivity contribution in [2.24, 2.45) is 5.92 Å². The number of ether oxygens (including phenoxy) is 1. The summed E-state index contributed by atoms with van der Waals surface area (Å²) in [5, 5.41) is -1.05. The van der Waals surface area contributed by atoms with Crippen LogP contribution in [0.4, 0.5) is 22.0 Å². The maximum absolute atomic E-state index is 15.5. The van der Waals surface area contributed by atoms with Crippen molar-refractivity contribution >= 4 is 21.9 Å². The lowest BCUT2D eigenvalue weighted by Crippen LogP contribution is -2.11. The van der Waals surface area contributed by atoms with Crippen LogP contribution in [-0.2, 0) is 0 Å². The minimum Gasteiger partial charge on any atom is -0.494 e. The monoisotopic (exact) mass is 562 g/mol. The van der Waals surface area contributed by atoms with Crippen molar-refractivity contribution in [2.75, 3.05) is 6.61 Å². The van der Waals surface area contributed by atoms with Gasteiger partial charge in [0.1, 0.15) is 22.7 Å². The summed E-state index contributed by atoms with van der Waals surface area (Å²) in [6.45, 7) is 5.92. The van der Waals surface area contributed by atoms with Gasteiger partial charge in [-0.1, -0.05) is 30.3 Å². The number of hydrogen-bond acceptors (Lipinski definition) is 2. The molecule has 41 heavy (non-hydrogen) atoms. The van der Waals surface area contributed by atoms with Crippen LogP contribution < -0.4 is 4.74 Å². The number of rotatable bonds is 6. The number of allylic oxidation sites excluding steroid dienone is 1. The van der Waals surface area contributed by atoms with Gasteiger partial charge in [0.15, 0.2) is 23.3 Å². The van der Waals surface area contributed by atoms with E-state index in [1.54, 1.807) is 19.1 Å². The van der Waals surface area contributed by atoms with E-state index in [0.29, 0.717) is 24.0 Å². The second kappa shape index (κ2) is 10.7. The van der Waals surface area contributed by atoms with Gasteiger partial charge in [-0.05, 0) is 79.8 Å². The quantitative estimate of drug-likeness (QED) is 0.152. The first kappa shape index (κ1) is 27.1. The molecule has 1 aliphatic rings. The molecule has 0 bridgehead atoms. The molecule has 0 atom stereocenters. The molecule has 0 aliphatic heterocycles. The third-order valence-corrected chi connectivity index (χ3v) is 8.15. The van der Waals surface area contributed by atoms with Gasteiger partial charge < -0.3 is 9.15 Å². The Labute approximate surface area is 234 Å². The van der Waals surface area contributed by atoms with Crippen LogP contribution in [0.2, 0.25) is 0 Å². The van der Waals surface area contributed by atoms with Gasteiger partial charge in [0.05, 0.1) is 17.4 Å². The molecule has 1 heterocycles. The Bertz CT molecular complexity index is 1780. The van der Waals surface area contributed by atoms with Gasteiger partial charge in [0.2, 0.25) is 0 Å². The van der Waals surface area contributed by atoms with E-state index < -0.39 is 45.4 Å². The fraction of sp³-hybridized carbons (Fsp3) is 0.235. The molecule has 7 heteroatoms. The minimum absolute atomic E-state index is 0.0605. The van der Waals surface area contributed by atoms with E-state index in [9.17, 15) is 4.39 Å². The normalized spacial score (nSPS) is 17.3. The molecule has 1 fully saturated rings. The highest BCUT2D eigenvalue weighted by Gasteiger charge is 2.27. The van der Waals surface area contributed by atoms with Crippen molar-refractivity contribution in [2.45, 2.75) is 38.5 Å². The molecule has 6 rings (SSSR count). The fourth-order valence-corrected chi connectivity index (χ4v) is 5.95. The van der Waals surface area contributed by atoms with Crippen molar-refractivity contribution in [3.8, 4) is 28.0 Å². The predicted octanol–water partition coefficient (Wildman–Crippen LogP) is 10.5. The second-order valence-electron chi connectivity index (χ2n) is 10.5. The molecule has 4 aromatic carbocycles. The molecule has 1 saturated carbocycles. The third-order valence-electron chi connectivity index (χ3n) is 8.15. The molecular formula is C34H27F5O2. The van der Waals surface area contributed by atoms with E-state index in [2.05, 4.69) is 6.58 Å². The summed E-state index contributed by atoms with van der Waals surface area (Å²) < 4.78 is 87.2. The van der Waals surface area contributed by atoms with Crippen LogP contribution in [0.25, 0.3) is 44.2 Å². The first-order valence-electron chi connectivity index (χ1n) is 13.7. The Morgan fingerprint density at radius 2 is 1.37 bits per heavy atom. The fourth-order valence-electron chi connectivity index (χ4n) is 5.95. The largest absolute Gasteiger partial charge is 0.494 e. The minimum atomic E-state index is -1.45. The summed E-state index contributed by atoms with van der Waals surface area (Å²) in [5.74, 6) is -5.06. The summed E-state index contributed by atoms with van der Waals surface area (Å²) in [6.07, 6.45) is 6.22. The molecule has 0 radical (unpaired) electrons. The summed E-state index contributed by atoms with van der Waals surface area (Å²) in [6, 6.07) is 13.4. The molecule has 1 aromatic heterocycles. The van der Waals surface area contributed by atoms with Crippen molar-refractivity contribution in [1.29, 1.82) is 0 Å². The van der Waals surface area contributed by atoms with E-state index in [1.165, 1.54) is 18.2 Å². The average Bonchev–Trinajstić information content (AvgIpc) is 3.36.